The second-order valence-corrected chi connectivity index (χ2v) is 5.28. The summed E-state index contributed by atoms with van der Waals surface area (Å²) in [5.74, 6) is 1.28. The first kappa shape index (κ1) is 15.3. The van der Waals surface area contributed by atoms with Gasteiger partial charge < -0.3 is 10.5 Å². The summed E-state index contributed by atoms with van der Waals surface area (Å²) in [5, 5.41) is 0.689. The molecule has 0 aliphatic rings. The minimum atomic E-state index is 0.155. The zero-order valence-electron chi connectivity index (χ0n) is 11.8. The number of nitrogens with two attached hydrogens (primary N) is 1. The van der Waals surface area contributed by atoms with Crippen LogP contribution >= 0.6 is 11.6 Å². The van der Waals surface area contributed by atoms with E-state index < -0.39 is 0 Å². The van der Waals surface area contributed by atoms with Crippen LogP contribution in [0.4, 0.5) is 0 Å². The second kappa shape index (κ2) is 7.01. The van der Waals surface area contributed by atoms with E-state index >= 15 is 0 Å². The van der Waals surface area contributed by atoms with Crippen LogP contribution in [0.15, 0.2) is 12.1 Å². The van der Waals surface area contributed by atoms with Gasteiger partial charge in [0.25, 0.3) is 0 Å². The van der Waals surface area contributed by atoms with Crippen LogP contribution in [0.3, 0.4) is 0 Å². The van der Waals surface area contributed by atoms with Crippen molar-refractivity contribution in [1.82, 2.24) is 0 Å². The summed E-state index contributed by atoms with van der Waals surface area (Å²) in [5.41, 5.74) is 8.42. The van der Waals surface area contributed by atoms with Crippen molar-refractivity contribution < 1.29 is 4.74 Å². The lowest BCUT2D eigenvalue weighted by Gasteiger charge is -2.18. The van der Waals surface area contributed by atoms with Crippen molar-refractivity contribution in [2.75, 3.05) is 7.11 Å². The Kier molecular flexibility index (Phi) is 5.97. The standard InChI is InChI=1S/C15H24ClNO/c1-5-10(3)11-7-12(8-13(17)6-2)15(18-4)14(16)9-11/h7,9-10,13H,5-6,8,17H2,1-4H3. The predicted octanol–water partition coefficient (Wildman–Crippen LogP) is 4.14. The van der Waals surface area contributed by atoms with E-state index in [1.807, 2.05) is 6.07 Å². The number of rotatable bonds is 6. The maximum absolute atomic E-state index is 6.30. The molecule has 0 saturated carbocycles. The van der Waals surface area contributed by atoms with Gasteiger partial charge in [-0.15, -0.1) is 0 Å². The van der Waals surface area contributed by atoms with Gasteiger partial charge in [0.15, 0.2) is 0 Å². The first-order chi connectivity index (χ1) is 8.53. The van der Waals surface area contributed by atoms with E-state index in [2.05, 4.69) is 26.8 Å². The predicted molar refractivity (Wildman–Crippen MR) is 78.7 cm³/mol. The molecule has 2 nitrogen and oxygen atoms in total. The summed E-state index contributed by atoms with van der Waals surface area (Å²) in [6, 6.07) is 4.35. The number of methoxy groups -OCH3 is 1. The third-order valence-corrected chi connectivity index (χ3v) is 3.82. The number of halogens is 1. The molecule has 2 N–H and O–H groups in total. The van der Waals surface area contributed by atoms with E-state index in [-0.39, 0.29) is 6.04 Å². The largest absolute Gasteiger partial charge is 0.495 e. The zero-order valence-corrected chi connectivity index (χ0v) is 12.6. The summed E-state index contributed by atoms with van der Waals surface area (Å²) < 4.78 is 5.40. The fourth-order valence-corrected chi connectivity index (χ4v) is 2.33. The third kappa shape index (κ3) is 3.63. The molecule has 1 aromatic rings. The molecule has 0 spiro atoms. The van der Waals surface area contributed by atoms with Gasteiger partial charge >= 0.3 is 0 Å². The molecule has 1 rings (SSSR count). The quantitative estimate of drug-likeness (QED) is 0.842. The first-order valence-corrected chi connectivity index (χ1v) is 7.03. The van der Waals surface area contributed by atoms with Crippen molar-refractivity contribution in [1.29, 1.82) is 0 Å². The van der Waals surface area contributed by atoms with E-state index in [1.165, 1.54) is 5.56 Å². The summed E-state index contributed by atoms with van der Waals surface area (Å²) in [6.07, 6.45) is 2.86. The Bertz CT molecular complexity index is 392. The molecule has 0 aliphatic carbocycles. The Morgan fingerprint density at radius 2 is 1.94 bits per heavy atom. The minimum Gasteiger partial charge on any atom is -0.495 e. The highest BCUT2D eigenvalue weighted by Gasteiger charge is 2.15. The molecule has 0 bridgehead atoms. The van der Waals surface area contributed by atoms with Gasteiger partial charge in [-0.05, 0) is 42.4 Å². The minimum absolute atomic E-state index is 0.155. The molecule has 1 aromatic carbocycles. The highest BCUT2D eigenvalue weighted by atomic mass is 35.5. The molecule has 0 amide bonds. The summed E-state index contributed by atoms with van der Waals surface area (Å²) in [6.45, 7) is 6.49. The molecule has 18 heavy (non-hydrogen) atoms. The normalized spacial score (nSPS) is 14.3. The van der Waals surface area contributed by atoms with Crippen LogP contribution in [0.5, 0.6) is 5.75 Å². The molecule has 0 aromatic heterocycles. The molecule has 102 valence electrons. The van der Waals surface area contributed by atoms with Crippen LogP contribution in [0.2, 0.25) is 5.02 Å². The lowest BCUT2D eigenvalue weighted by Crippen LogP contribution is -2.21. The number of benzene rings is 1. The molecule has 2 atom stereocenters. The SMILES string of the molecule is CCC(N)Cc1cc(C(C)CC)cc(Cl)c1OC. The lowest BCUT2D eigenvalue weighted by molar-refractivity contribution is 0.407. The monoisotopic (exact) mass is 269 g/mol. The highest BCUT2D eigenvalue weighted by molar-refractivity contribution is 6.32. The topological polar surface area (TPSA) is 35.2 Å². The molecule has 0 fully saturated rings. The van der Waals surface area contributed by atoms with Gasteiger partial charge in [-0.1, -0.05) is 38.4 Å². The smallest absolute Gasteiger partial charge is 0.140 e. The van der Waals surface area contributed by atoms with E-state index in [9.17, 15) is 0 Å². The van der Waals surface area contributed by atoms with E-state index in [0.717, 1.165) is 30.6 Å². The Labute approximate surface area is 115 Å². The highest BCUT2D eigenvalue weighted by Crippen LogP contribution is 2.34. The Morgan fingerprint density at radius 3 is 2.44 bits per heavy atom. The zero-order chi connectivity index (χ0) is 13.7. The molecule has 3 heteroatoms. The maximum Gasteiger partial charge on any atom is 0.140 e. The summed E-state index contributed by atoms with van der Waals surface area (Å²) in [4.78, 5) is 0. The molecular weight excluding hydrogens is 246 g/mol. The van der Waals surface area contributed by atoms with E-state index in [1.54, 1.807) is 7.11 Å². The van der Waals surface area contributed by atoms with Crippen LogP contribution < -0.4 is 10.5 Å². The van der Waals surface area contributed by atoms with Crippen LogP contribution in [-0.2, 0) is 6.42 Å². The van der Waals surface area contributed by atoms with Crippen molar-refractivity contribution in [3.05, 3.63) is 28.3 Å². The number of ether oxygens (including phenoxy) is 1. The Hall–Kier alpha value is -0.730. The van der Waals surface area contributed by atoms with Gasteiger partial charge in [0.2, 0.25) is 0 Å². The number of hydrogen-bond donors (Lipinski definition) is 1. The first-order valence-electron chi connectivity index (χ1n) is 6.65. The van der Waals surface area contributed by atoms with Crippen molar-refractivity contribution in [3.63, 3.8) is 0 Å². The molecular formula is C15H24ClNO. The molecule has 0 radical (unpaired) electrons. The Morgan fingerprint density at radius 1 is 1.28 bits per heavy atom. The van der Waals surface area contributed by atoms with Gasteiger partial charge in [-0.3, -0.25) is 0 Å². The van der Waals surface area contributed by atoms with Gasteiger partial charge in [0, 0.05) is 6.04 Å². The van der Waals surface area contributed by atoms with Crippen molar-refractivity contribution in [3.8, 4) is 5.75 Å². The second-order valence-electron chi connectivity index (χ2n) is 4.88. The van der Waals surface area contributed by atoms with Crippen LogP contribution in [0, 0.1) is 0 Å². The molecule has 0 saturated heterocycles. The van der Waals surface area contributed by atoms with E-state index in [0.29, 0.717) is 10.9 Å². The maximum atomic E-state index is 6.30. The van der Waals surface area contributed by atoms with Crippen molar-refractivity contribution >= 4 is 11.6 Å². The van der Waals surface area contributed by atoms with Crippen LogP contribution in [0.1, 0.15) is 50.7 Å². The molecule has 2 unspecified atom stereocenters. The molecule has 0 aliphatic heterocycles. The van der Waals surface area contributed by atoms with Gasteiger partial charge in [0.05, 0.1) is 12.1 Å². The fourth-order valence-electron chi connectivity index (χ4n) is 2.00. The third-order valence-electron chi connectivity index (χ3n) is 3.53. The van der Waals surface area contributed by atoms with Gasteiger partial charge in [-0.2, -0.15) is 0 Å². The van der Waals surface area contributed by atoms with Gasteiger partial charge in [-0.25, -0.2) is 0 Å². The van der Waals surface area contributed by atoms with Crippen LogP contribution in [0.25, 0.3) is 0 Å². The van der Waals surface area contributed by atoms with Gasteiger partial charge in [0.1, 0.15) is 5.75 Å². The Balaban J connectivity index is 3.14. The average Bonchev–Trinajstić information content (AvgIpc) is 2.37. The van der Waals surface area contributed by atoms with Crippen molar-refractivity contribution in [2.24, 2.45) is 5.73 Å². The fraction of sp³-hybridized carbons (Fsp3) is 0.600. The van der Waals surface area contributed by atoms with Crippen LogP contribution in [-0.4, -0.2) is 13.2 Å². The number of hydrogen-bond acceptors (Lipinski definition) is 2. The molecule has 0 heterocycles. The summed E-state index contributed by atoms with van der Waals surface area (Å²) in [7, 11) is 1.66. The summed E-state index contributed by atoms with van der Waals surface area (Å²) >= 11 is 6.30. The average molecular weight is 270 g/mol. The van der Waals surface area contributed by atoms with Crippen molar-refractivity contribution in [2.45, 2.75) is 52.0 Å². The van der Waals surface area contributed by atoms with E-state index in [4.69, 9.17) is 22.1 Å². The lowest BCUT2D eigenvalue weighted by atomic mass is 9.94.